The number of thioether (sulfide) groups is 1. The van der Waals surface area contributed by atoms with E-state index in [0.717, 1.165) is 0 Å². The number of carbonyl (C=O) groups excluding carboxylic acids is 1. The molecule has 18 heavy (non-hydrogen) atoms. The number of thiocarbonyl (C=S) groups is 1. The Labute approximate surface area is 118 Å². The van der Waals surface area contributed by atoms with Crippen LogP contribution in [0.2, 0.25) is 0 Å². The Morgan fingerprint density at radius 1 is 1.39 bits per heavy atom. The van der Waals surface area contributed by atoms with Gasteiger partial charge in [0.15, 0.2) is 0 Å². The predicted octanol–water partition coefficient (Wildman–Crippen LogP) is 1.43. The number of aliphatic hydroxyl groups is 1. The van der Waals surface area contributed by atoms with Crippen LogP contribution in [0.4, 0.5) is 0 Å². The Morgan fingerprint density at radius 3 is 2.67 bits per heavy atom. The van der Waals surface area contributed by atoms with Crippen molar-refractivity contribution in [1.29, 1.82) is 0 Å². The molecule has 1 heterocycles. The zero-order chi connectivity index (χ0) is 13.0. The average molecular weight is 288 g/mol. The fourth-order valence-electron chi connectivity index (χ4n) is 2.64. The van der Waals surface area contributed by atoms with Gasteiger partial charge in [0.2, 0.25) is 5.91 Å². The molecule has 0 aromatic rings. The highest BCUT2D eigenvalue weighted by Gasteiger charge is 2.30. The summed E-state index contributed by atoms with van der Waals surface area (Å²) in [5.74, 6) is 0.569. The van der Waals surface area contributed by atoms with Gasteiger partial charge in [-0.05, 0) is 12.8 Å². The molecule has 1 aliphatic carbocycles. The van der Waals surface area contributed by atoms with Gasteiger partial charge in [0.1, 0.15) is 4.32 Å². The molecular weight excluding hydrogens is 268 g/mol. The van der Waals surface area contributed by atoms with Crippen molar-refractivity contribution in [1.82, 2.24) is 9.80 Å². The highest BCUT2D eigenvalue weighted by Crippen LogP contribution is 2.25. The van der Waals surface area contributed by atoms with Crippen molar-refractivity contribution >= 4 is 34.2 Å². The van der Waals surface area contributed by atoms with Crippen molar-refractivity contribution in [3.8, 4) is 0 Å². The summed E-state index contributed by atoms with van der Waals surface area (Å²) in [5.41, 5.74) is 0. The van der Waals surface area contributed by atoms with Crippen LogP contribution < -0.4 is 0 Å². The number of nitrogens with zero attached hydrogens (tertiary/aromatic N) is 2. The third-order valence-corrected chi connectivity index (χ3v) is 5.07. The number of hydrogen-bond acceptors (Lipinski definition) is 5. The summed E-state index contributed by atoms with van der Waals surface area (Å²) < 4.78 is 0.679. The van der Waals surface area contributed by atoms with E-state index in [1.54, 1.807) is 4.90 Å². The molecule has 0 aromatic carbocycles. The molecule has 0 aromatic heterocycles. The van der Waals surface area contributed by atoms with Gasteiger partial charge in [-0.2, -0.15) is 0 Å². The van der Waals surface area contributed by atoms with Gasteiger partial charge in [-0.1, -0.05) is 43.2 Å². The van der Waals surface area contributed by atoms with Gasteiger partial charge in [0, 0.05) is 12.6 Å². The fraction of sp³-hybridized carbons (Fsp3) is 0.833. The molecule has 1 saturated carbocycles. The summed E-state index contributed by atoms with van der Waals surface area (Å²) in [4.78, 5) is 15.6. The molecule has 2 rings (SSSR count). The van der Waals surface area contributed by atoms with E-state index in [9.17, 15) is 9.90 Å². The van der Waals surface area contributed by atoms with Crippen LogP contribution in [0.25, 0.3) is 0 Å². The first kappa shape index (κ1) is 14.2. The summed E-state index contributed by atoms with van der Waals surface area (Å²) in [7, 11) is 0. The maximum atomic E-state index is 11.7. The van der Waals surface area contributed by atoms with E-state index < -0.39 is 0 Å². The lowest BCUT2D eigenvalue weighted by molar-refractivity contribution is -0.126. The molecule has 1 aliphatic heterocycles. The number of hydrogen-bond donors (Lipinski definition) is 1. The van der Waals surface area contributed by atoms with Gasteiger partial charge >= 0.3 is 0 Å². The van der Waals surface area contributed by atoms with Crippen molar-refractivity contribution in [3.05, 3.63) is 0 Å². The molecule has 102 valence electrons. The van der Waals surface area contributed by atoms with Gasteiger partial charge in [-0.3, -0.25) is 14.6 Å². The van der Waals surface area contributed by atoms with E-state index in [1.807, 2.05) is 0 Å². The second-order valence-corrected chi connectivity index (χ2v) is 6.45. The predicted molar refractivity (Wildman–Crippen MR) is 77.4 cm³/mol. The lowest BCUT2D eigenvalue weighted by Gasteiger charge is -2.36. The molecule has 0 bridgehead atoms. The lowest BCUT2D eigenvalue weighted by Crippen LogP contribution is -2.47. The summed E-state index contributed by atoms with van der Waals surface area (Å²) in [6.07, 6.45) is 6.14. The van der Waals surface area contributed by atoms with Crippen LogP contribution in [0.1, 0.15) is 32.1 Å². The number of carbonyl (C=O) groups is 1. The Bertz CT molecular complexity index is 303. The van der Waals surface area contributed by atoms with Crippen LogP contribution in [0.3, 0.4) is 0 Å². The van der Waals surface area contributed by atoms with Crippen molar-refractivity contribution in [3.63, 3.8) is 0 Å². The largest absolute Gasteiger partial charge is 0.395 e. The van der Waals surface area contributed by atoms with Gasteiger partial charge in [0.25, 0.3) is 0 Å². The highest BCUT2D eigenvalue weighted by molar-refractivity contribution is 8.23. The molecule has 1 amide bonds. The zero-order valence-electron chi connectivity index (χ0n) is 10.5. The molecular formula is C12H20N2O2S2. The van der Waals surface area contributed by atoms with Crippen LogP contribution in [0.15, 0.2) is 0 Å². The second kappa shape index (κ2) is 6.84. The summed E-state index contributed by atoms with van der Waals surface area (Å²) in [6.45, 7) is 1.32. The quantitative estimate of drug-likeness (QED) is 0.775. The fourth-order valence-corrected chi connectivity index (χ4v) is 3.70. The Hall–Kier alpha value is -0.170. The normalized spacial score (nSPS) is 22.2. The monoisotopic (exact) mass is 288 g/mol. The average Bonchev–Trinajstić information content (AvgIpc) is 2.71. The SMILES string of the molecule is O=C1CSC(=S)N1CN(CCO)C1CCCCC1. The van der Waals surface area contributed by atoms with Crippen LogP contribution in [-0.4, -0.2) is 56.7 Å². The topological polar surface area (TPSA) is 43.8 Å². The maximum absolute atomic E-state index is 11.7. The standard InChI is InChI=1S/C12H20N2O2S2/c15-7-6-13(10-4-2-1-3-5-10)9-14-11(16)8-18-12(14)17/h10,15H,1-9H2. The van der Waals surface area contributed by atoms with Gasteiger partial charge < -0.3 is 5.11 Å². The highest BCUT2D eigenvalue weighted by atomic mass is 32.2. The molecule has 0 atom stereocenters. The van der Waals surface area contributed by atoms with Gasteiger partial charge in [-0.15, -0.1) is 0 Å². The summed E-state index contributed by atoms with van der Waals surface area (Å²) >= 11 is 6.64. The minimum atomic E-state index is 0.101. The third kappa shape index (κ3) is 3.44. The zero-order valence-corrected chi connectivity index (χ0v) is 12.1. The molecule has 0 unspecified atom stereocenters. The van der Waals surface area contributed by atoms with E-state index in [4.69, 9.17) is 12.2 Å². The first-order valence-electron chi connectivity index (χ1n) is 6.54. The number of amides is 1. The van der Waals surface area contributed by atoms with Gasteiger partial charge in [-0.25, -0.2) is 0 Å². The Balaban J connectivity index is 1.96. The molecule has 2 aliphatic rings. The van der Waals surface area contributed by atoms with E-state index in [2.05, 4.69) is 4.90 Å². The van der Waals surface area contributed by atoms with Crippen LogP contribution >= 0.6 is 24.0 Å². The summed E-state index contributed by atoms with van der Waals surface area (Å²) in [6, 6.07) is 0.493. The third-order valence-electron chi connectivity index (χ3n) is 3.64. The maximum Gasteiger partial charge on any atom is 0.239 e. The minimum absolute atomic E-state index is 0.101. The van der Waals surface area contributed by atoms with Crippen molar-refractivity contribution < 1.29 is 9.90 Å². The Kier molecular flexibility index (Phi) is 5.41. The number of aliphatic hydroxyl groups excluding tert-OH is 1. The van der Waals surface area contributed by atoms with E-state index in [-0.39, 0.29) is 12.5 Å². The molecule has 6 heteroatoms. The van der Waals surface area contributed by atoms with Gasteiger partial charge in [0.05, 0.1) is 19.0 Å². The molecule has 1 N–H and O–H groups in total. The molecule has 0 spiro atoms. The van der Waals surface area contributed by atoms with E-state index >= 15 is 0 Å². The molecule has 4 nitrogen and oxygen atoms in total. The van der Waals surface area contributed by atoms with E-state index in [0.29, 0.717) is 29.3 Å². The van der Waals surface area contributed by atoms with Crippen LogP contribution in [0.5, 0.6) is 0 Å². The lowest BCUT2D eigenvalue weighted by atomic mass is 9.94. The second-order valence-electron chi connectivity index (χ2n) is 4.85. The van der Waals surface area contributed by atoms with Crippen molar-refractivity contribution in [2.75, 3.05) is 25.6 Å². The first-order valence-corrected chi connectivity index (χ1v) is 7.94. The van der Waals surface area contributed by atoms with Crippen LogP contribution in [-0.2, 0) is 4.79 Å². The van der Waals surface area contributed by atoms with Crippen molar-refractivity contribution in [2.24, 2.45) is 0 Å². The van der Waals surface area contributed by atoms with Crippen LogP contribution in [0, 0.1) is 0 Å². The molecule has 0 radical (unpaired) electrons. The molecule has 2 fully saturated rings. The summed E-state index contributed by atoms with van der Waals surface area (Å²) in [5, 5.41) is 9.19. The number of rotatable bonds is 5. The molecule has 1 saturated heterocycles. The van der Waals surface area contributed by atoms with E-state index in [1.165, 1.54) is 43.9 Å². The van der Waals surface area contributed by atoms with Crippen molar-refractivity contribution in [2.45, 2.75) is 38.1 Å². The Morgan fingerprint density at radius 2 is 2.11 bits per heavy atom. The first-order chi connectivity index (χ1) is 8.72. The minimum Gasteiger partial charge on any atom is -0.395 e. The smallest absolute Gasteiger partial charge is 0.239 e.